The summed E-state index contributed by atoms with van der Waals surface area (Å²) in [5.41, 5.74) is 0. The molecular weight excluding hydrogens is 180 g/mol. The smallest absolute Gasteiger partial charge is 0.266 e. The molecule has 0 saturated carbocycles. The maximum Gasteiger partial charge on any atom is 0.266 e. The first-order chi connectivity index (χ1) is 6.68. The number of nitrogens with zero attached hydrogens (tertiary/aromatic N) is 1. The van der Waals surface area contributed by atoms with E-state index in [1.165, 1.54) is 0 Å². The Kier molecular flexibility index (Phi) is 2.11. The Balaban J connectivity index is 2.31. The van der Waals surface area contributed by atoms with Gasteiger partial charge >= 0.3 is 0 Å². The SMILES string of the molecule is CC(C)C1Oc2cccnc2NC1=O. The molecule has 1 aliphatic heterocycles. The molecule has 1 atom stereocenters. The number of hydrogen-bond acceptors (Lipinski definition) is 3. The Morgan fingerprint density at radius 2 is 2.36 bits per heavy atom. The van der Waals surface area contributed by atoms with Crippen molar-refractivity contribution in [2.45, 2.75) is 20.0 Å². The van der Waals surface area contributed by atoms with E-state index in [9.17, 15) is 4.79 Å². The molecule has 0 fully saturated rings. The molecule has 0 saturated heterocycles. The molecule has 0 aromatic carbocycles. The van der Waals surface area contributed by atoms with E-state index in [0.29, 0.717) is 11.6 Å². The minimum absolute atomic E-state index is 0.119. The minimum Gasteiger partial charge on any atom is -0.476 e. The maximum atomic E-state index is 11.5. The van der Waals surface area contributed by atoms with E-state index < -0.39 is 6.10 Å². The van der Waals surface area contributed by atoms with Gasteiger partial charge in [0.2, 0.25) is 0 Å². The molecule has 14 heavy (non-hydrogen) atoms. The van der Waals surface area contributed by atoms with Gasteiger partial charge in [0.25, 0.3) is 5.91 Å². The fourth-order valence-electron chi connectivity index (χ4n) is 1.40. The molecule has 2 rings (SSSR count). The van der Waals surface area contributed by atoms with Gasteiger partial charge in [-0.3, -0.25) is 4.79 Å². The third-order valence-electron chi connectivity index (χ3n) is 2.13. The number of ether oxygens (including phenoxy) is 1. The van der Waals surface area contributed by atoms with Crippen molar-refractivity contribution in [3.63, 3.8) is 0 Å². The van der Waals surface area contributed by atoms with Crippen LogP contribution in [0.2, 0.25) is 0 Å². The molecule has 74 valence electrons. The van der Waals surface area contributed by atoms with Crippen LogP contribution in [0.25, 0.3) is 0 Å². The summed E-state index contributed by atoms with van der Waals surface area (Å²) >= 11 is 0. The largest absolute Gasteiger partial charge is 0.476 e. The summed E-state index contributed by atoms with van der Waals surface area (Å²) in [5.74, 6) is 1.19. The van der Waals surface area contributed by atoms with E-state index in [1.54, 1.807) is 18.3 Å². The number of hydrogen-bond donors (Lipinski definition) is 1. The molecule has 1 aliphatic rings. The number of pyridine rings is 1. The molecule has 1 aromatic rings. The van der Waals surface area contributed by atoms with E-state index in [4.69, 9.17) is 4.74 Å². The van der Waals surface area contributed by atoms with Crippen LogP contribution < -0.4 is 10.1 Å². The highest BCUT2D eigenvalue weighted by molar-refractivity contribution is 5.96. The Bertz CT molecular complexity index is 363. The molecular formula is C10H12N2O2. The van der Waals surface area contributed by atoms with Crippen LogP contribution in [0.3, 0.4) is 0 Å². The highest BCUT2D eigenvalue weighted by atomic mass is 16.5. The number of amides is 1. The van der Waals surface area contributed by atoms with Gasteiger partial charge in [0.1, 0.15) is 0 Å². The van der Waals surface area contributed by atoms with Crippen LogP contribution in [0.1, 0.15) is 13.8 Å². The Labute approximate surface area is 82.3 Å². The van der Waals surface area contributed by atoms with E-state index in [-0.39, 0.29) is 11.8 Å². The van der Waals surface area contributed by atoms with Crippen molar-refractivity contribution in [2.24, 2.45) is 5.92 Å². The number of fused-ring (bicyclic) bond motifs is 1. The molecule has 2 heterocycles. The summed E-state index contributed by atoms with van der Waals surface area (Å²) in [6.07, 6.45) is 1.21. The molecule has 1 amide bonds. The highest BCUT2D eigenvalue weighted by Gasteiger charge is 2.30. The number of carbonyl (C=O) groups is 1. The average Bonchev–Trinajstić information content (AvgIpc) is 2.16. The maximum absolute atomic E-state index is 11.5. The van der Waals surface area contributed by atoms with E-state index >= 15 is 0 Å². The van der Waals surface area contributed by atoms with Crippen LogP contribution in [0, 0.1) is 5.92 Å². The van der Waals surface area contributed by atoms with Gasteiger partial charge in [0.05, 0.1) is 0 Å². The van der Waals surface area contributed by atoms with E-state index in [1.807, 2.05) is 13.8 Å². The summed E-state index contributed by atoms with van der Waals surface area (Å²) in [5, 5.41) is 2.72. The summed E-state index contributed by atoms with van der Waals surface area (Å²) in [4.78, 5) is 15.5. The standard InChI is InChI=1S/C10H12N2O2/c1-6(2)8-10(13)12-9-7(14-8)4-3-5-11-9/h3-6,8H,1-2H3,(H,11,12,13). The van der Waals surface area contributed by atoms with Crippen molar-refractivity contribution in [3.05, 3.63) is 18.3 Å². The fourth-order valence-corrected chi connectivity index (χ4v) is 1.40. The van der Waals surface area contributed by atoms with Crippen LogP contribution in [0.4, 0.5) is 5.82 Å². The van der Waals surface area contributed by atoms with E-state index in [0.717, 1.165) is 0 Å². The monoisotopic (exact) mass is 192 g/mol. The second kappa shape index (κ2) is 3.29. The first-order valence-electron chi connectivity index (χ1n) is 4.61. The van der Waals surface area contributed by atoms with Crippen molar-refractivity contribution < 1.29 is 9.53 Å². The topological polar surface area (TPSA) is 51.2 Å². The highest BCUT2D eigenvalue weighted by Crippen LogP contribution is 2.28. The predicted octanol–water partition coefficient (Wildman–Crippen LogP) is 1.44. The molecule has 4 nitrogen and oxygen atoms in total. The van der Waals surface area contributed by atoms with Gasteiger partial charge < -0.3 is 10.1 Å². The average molecular weight is 192 g/mol. The van der Waals surface area contributed by atoms with Crippen molar-refractivity contribution in [3.8, 4) is 5.75 Å². The summed E-state index contributed by atoms with van der Waals surface area (Å²) in [6.45, 7) is 3.90. The zero-order valence-electron chi connectivity index (χ0n) is 8.15. The van der Waals surface area contributed by atoms with Crippen molar-refractivity contribution >= 4 is 11.7 Å². The van der Waals surface area contributed by atoms with Gasteiger partial charge in [-0.2, -0.15) is 0 Å². The van der Waals surface area contributed by atoms with Crippen LogP contribution >= 0.6 is 0 Å². The van der Waals surface area contributed by atoms with Gasteiger partial charge in [-0.05, 0) is 18.1 Å². The van der Waals surface area contributed by atoms with Crippen molar-refractivity contribution in [2.75, 3.05) is 5.32 Å². The minimum atomic E-state index is -0.410. The van der Waals surface area contributed by atoms with Crippen LogP contribution in [-0.2, 0) is 4.79 Å². The Morgan fingerprint density at radius 1 is 1.57 bits per heavy atom. The van der Waals surface area contributed by atoms with Gasteiger partial charge in [0, 0.05) is 6.20 Å². The zero-order chi connectivity index (χ0) is 10.1. The quantitative estimate of drug-likeness (QED) is 0.732. The lowest BCUT2D eigenvalue weighted by Crippen LogP contribution is -2.40. The first-order valence-corrected chi connectivity index (χ1v) is 4.61. The number of anilines is 1. The molecule has 1 aromatic heterocycles. The number of carbonyl (C=O) groups excluding carboxylic acids is 1. The van der Waals surface area contributed by atoms with Gasteiger partial charge in [-0.15, -0.1) is 0 Å². The molecule has 0 bridgehead atoms. The summed E-state index contributed by atoms with van der Waals surface area (Å²) < 4.78 is 5.53. The molecule has 0 radical (unpaired) electrons. The van der Waals surface area contributed by atoms with Gasteiger partial charge in [-0.1, -0.05) is 13.8 Å². The summed E-state index contributed by atoms with van der Waals surface area (Å²) in [6, 6.07) is 3.59. The van der Waals surface area contributed by atoms with Crippen molar-refractivity contribution in [1.29, 1.82) is 0 Å². The van der Waals surface area contributed by atoms with Crippen LogP contribution in [0.15, 0.2) is 18.3 Å². The second-order valence-corrected chi connectivity index (χ2v) is 3.62. The van der Waals surface area contributed by atoms with Crippen molar-refractivity contribution in [1.82, 2.24) is 4.98 Å². The molecule has 0 aliphatic carbocycles. The lowest BCUT2D eigenvalue weighted by molar-refractivity contribution is -0.125. The third kappa shape index (κ3) is 1.43. The predicted molar refractivity (Wildman–Crippen MR) is 52.1 cm³/mol. The molecule has 1 unspecified atom stereocenters. The zero-order valence-corrected chi connectivity index (χ0v) is 8.15. The molecule has 4 heteroatoms. The van der Waals surface area contributed by atoms with E-state index in [2.05, 4.69) is 10.3 Å². The normalized spacial score (nSPS) is 19.9. The van der Waals surface area contributed by atoms with Gasteiger partial charge in [-0.25, -0.2) is 4.98 Å². The van der Waals surface area contributed by atoms with Crippen LogP contribution in [0.5, 0.6) is 5.75 Å². The number of rotatable bonds is 1. The number of nitrogens with one attached hydrogen (secondary N) is 1. The van der Waals surface area contributed by atoms with Crippen LogP contribution in [-0.4, -0.2) is 17.0 Å². The summed E-state index contributed by atoms with van der Waals surface area (Å²) in [7, 11) is 0. The Hall–Kier alpha value is -1.58. The third-order valence-corrected chi connectivity index (χ3v) is 2.13. The fraction of sp³-hybridized carbons (Fsp3) is 0.400. The second-order valence-electron chi connectivity index (χ2n) is 3.62. The number of aromatic nitrogens is 1. The molecule has 1 N–H and O–H groups in total. The molecule has 0 spiro atoms. The lowest BCUT2D eigenvalue weighted by Gasteiger charge is -2.27. The lowest BCUT2D eigenvalue weighted by atomic mass is 10.1. The van der Waals surface area contributed by atoms with Gasteiger partial charge in [0.15, 0.2) is 17.7 Å². The Morgan fingerprint density at radius 3 is 3.07 bits per heavy atom. The first kappa shape index (κ1) is 8.99.